The third-order valence-electron chi connectivity index (χ3n) is 6.70. The lowest BCUT2D eigenvalue weighted by atomic mass is 9.63. The fraction of sp³-hybridized carbons (Fsp3) is 0.533. The van der Waals surface area contributed by atoms with Crippen molar-refractivity contribution in [3.8, 4) is 0 Å². The predicted octanol–water partition coefficient (Wildman–Crippen LogP) is 6.25. The number of likely N-dealkylation sites (N-methyl/N-ethyl adjacent to an activating group) is 1. The van der Waals surface area contributed by atoms with Gasteiger partial charge in [0.05, 0.1) is 11.1 Å². The van der Waals surface area contributed by atoms with Gasteiger partial charge in [0, 0.05) is 12.1 Å². The molecule has 1 aromatic carbocycles. The van der Waals surface area contributed by atoms with Crippen molar-refractivity contribution in [2.24, 2.45) is 5.41 Å². The van der Waals surface area contributed by atoms with Gasteiger partial charge in [-0.1, -0.05) is 73.4 Å². The number of benzene rings is 1. The van der Waals surface area contributed by atoms with Crippen molar-refractivity contribution >= 4 is 11.6 Å². The first-order valence-corrected chi connectivity index (χ1v) is 12.8. The highest BCUT2D eigenvalue weighted by atomic mass is 16.3. The summed E-state index contributed by atoms with van der Waals surface area (Å²) >= 11 is 0. The van der Waals surface area contributed by atoms with E-state index in [1.54, 1.807) is 0 Å². The number of allylic oxidation sites excluding steroid dienone is 5. The second-order valence-corrected chi connectivity index (χ2v) is 9.83. The van der Waals surface area contributed by atoms with E-state index >= 15 is 0 Å². The van der Waals surface area contributed by atoms with E-state index in [0.29, 0.717) is 37.1 Å². The van der Waals surface area contributed by atoms with Crippen LogP contribution in [0.15, 0.2) is 64.9 Å². The third-order valence-corrected chi connectivity index (χ3v) is 6.70. The number of rotatable bonds is 13. The monoisotopic (exact) mass is 465 g/mol. The van der Waals surface area contributed by atoms with Crippen molar-refractivity contribution in [2.45, 2.75) is 92.1 Å². The Kier molecular flexibility index (Phi) is 11.0. The zero-order valence-corrected chi connectivity index (χ0v) is 21.7. The summed E-state index contributed by atoms with van der Waals surface area (Å²) in [5.41, 5.74) is 3.08. The molecule has 4 nitrogen and oxygen atoms in total. The summed E-state index contributed by atoms with van der Waals surface area (Å²) in [6.07, 6.45) is 8.79. The summed E-state index contributed by atoms with van der Waals surface area (Å²) in [6.45, 7) is 10.8. The smallest absolute Gasteiger partial charge is 0.190 e. The number of hydrogen-bond acceptors (Lipinski definition) is 4. The molecule has 0 saturated heterocycles. The van der Waals surface area contributed by atoms with E-state index in [2.05, 4.69) is 45.2 Å². The van der Waals surface area contributed by atoms with Crippen LogP contribution in [0.25, 0.3) is 0 Å². The highest BCUT2D eigenvalue weighted by molar-refractivity contribution is 6.16. The first-order chi connectivity index (χ1) is 16.3. The van der Waals surface area contributed by atoms with Gasteiger partial charge in [-0.2, -0.15) is 0 Å². The van der Waals surface area contributed by atoms with Crippen molar-refractivity contribution in [1.82, 2.24) is 5.32 Å². The van der Waals surface area contributed by atoms with Crippen LogP contribution < -0.4 is 5.32 Å². The molecule has 34 heavy (non-hydrogen) atoms. The number of carbonyl (C=O) groups is 2. The fourth-order valence-electron chi connectivity index (χ4n) is 4.67. The first-order valence-electron chi connectivity index (χ1n) is 12.8. The molecule has 0 bridgehead atoms. The molecule has 0 amide bonds. The molecule has 4 heteroatoms. The Morgan fingerprint density at radius 3 is 2.38 bits per heavy atom. The van der Waals surface area contributed by atoms with E-state index in [4.69, 9.17) is 0 Å². The minimum atomic E-state index is -1.35. The molecule has 2 unspecified atom stereocenters. The summed E-state index contributed by atoms with van der Waals surface area (Å²) in [5, 5.41) is 14.6. The van der Waals surface area contributed by atoms with Crippen LogP contribution in [-0.4, -0.2) is 29.3 Å². The van der Waals surface area contributed by atoms with E-state index in [9.17, 15) is 14.7 Å². The average Bonchev–Trinajstić information content (AvgIpc) is 2.82. The fourth-order valence-corrected chi connectivity index (χ4v) is 4.67. The van der Waals surface area contributed by atoms with Gasteiger partial charge in [0.25, 0.3) is 0 Å². The number of carbonyl (C=O) groups excluding carboxylic acids is 2. The zero-order chi connectivity index (χ0) is 25.1. The van der Waals surface area contributed by atoms with Gasteiger partial charge in [-0.15, -0.1) is 0 Å². The maximum atomic E-state index is 14.1. The first kappa shape index (κ1) is 27.8. The molecule has 2 N–H and O–H groups in total. The number of hydrogen-bond donors (Lipinski definition) is 2. The highest BCUT2D eigenvalue weighted by Gasteiger charge is 2.53. The quantitative estimate of drug-likeness (QED) is 0.267. The predicted molar refractivity (Wildman–Crippen MR) is 140 cm³/mol. The Balaban J connectivity index is 2.49. The summed E-state index contributed by atoms with van der Waals surface area (Å²) < 4.78 is 0. The maximum absolute atomic E-state index is 14.1. The second kappa shape index (κ2) is 13.4. The normalized spacial score (nSPS) is 21.1. The summed E-state index contributed by atoms with van der Waals surface area (Å²) in [5.74, 6) is -0.427. The van der Waals surface area contributed by atoms with Crippen LogP contribution in [0.5, 0.6) is 0 Å². The van der Waals surface area contributed by atoms with Crippen molar-refractivity contribution in [3.63, 3.8) is 0 Å². The molecule has 1 aliphatic rings. The minimum Gasteiger partial charge on any atom is -0.384 e. The van der Waals surface area contributed by atoms with Crippen LogP contribution in [0.4, 0.5) is 0 Å². The molecular weight excluding hydrogens is 422 g/mol. The lowest BCUT2D eigenvalue weighted by Crippen LogP contribution is -2.55. The summed E-state index contributed by atoms with van der Waals surface area (Å²) in [7, 11) is 0. The molecule has 0 saturated carbocycles. The van der Waals surface area contributed by atoms with Gasteiger partial charge >= 0.3 is 0 Å². The Hall–Kier alpha value is -2.46. The van der Waals surface area contributed by atoms with Crippen LogP contribution in [0.3, 0.4) is 0 Å². The Morgan fingerprint density at radius 2 is 1.76 bits per heavy atom. The van der Waals surface area contributed by atoms with Crippen molar-refractivity contribution in [3.05, 3.63) is 70.5 Å². The Bertz CT molecular complexity index is 922. The average molecular weight is 466 g/mol. The molecular formula is C30H43NO3. The lowest BCUT2D eigenvalue weighted by molar-refractivity contribution is -0.145. The van der Waals surface area contributed by atoms with Crippen LogP contribution in [-0.2, 0) is 16.0 Å². The van der Waals surface area contributed by atoms with Gasteiger partial charge in [-0.05, 0) is 71.8 Å². The van der Waals surface area contributed by atoms with Crippen molar-refractivity contribution in [2.75, 3.05) is 6.54 Å². The van der Waals surface area contributed by atoms with Gasteiger partial charge < -0.3 is 10.4 Å². The Morgan fingerprint density at radius 1 is 1.06 bits per heavy atom. The van der Waals surface area contributed by atoms with Crippen LogP contribution in [0.1, 0.15) is 85.1 Å². The second-order valence-electron chi connectivity index (χ2n) is 9.83. The molecule has 1 aliphatic carbocycles. The number of nitrogens with one attached hydrogen (secondary N) is 1. The molecule has 0 aliphatic heterocycles. The van der Waals surface area contributed by atoms with Crippen molar-refractivity contribution < 1.29 is 14.7 Å². The van der Waals surface area contributed by atoms with Crippen LogP contribution in [0.2, 0.25) is 0 Å². The largest absolute Gasteiger partial charge is 0.384 e. The van der Waals surface area contributed by atoms with E-state index < -0.39 is 11.5 Å². The number of ketones is 2. The number of aliphatic hydroxyl groups is 1. The third kappa shape index (κ3) is 7.02. The molecule has 0 heterocycles. The molecule has 0 aromatic heterocycles. The molecule has 0 spiro atoms. The number of unbranched alkanes of at least 4 members (excludes halogenated alkanes) is 2. The van der Waals surface area contributed by atoms with Crippen molar-refractivity contribution in [1.29, 1.82) is 0 Å². The molecule has 186 valence electrons. The van der Waals surface area contributed by atoms with Gasteiger partial charge in [0.1, 0.15) is 6.10 Å². The van der Waals surface area contributed by atoms with Gasteiger partial charge in [-0.25, -0.2) is 0 Å². The highest BCUT2D eigenvalue weighted by Crippen LogP contribution is 2.42. The Labute approximate surface area is 206 Å². The molecule has 1 aromatic rings. The van der Waals surface area contributed by atoms with Gasteiger partial charge in [0.2, 0.25) is 0 Å². The summed E-state index contributed by atoms with van der Waals surface area (Å²) in [6, 6.07) is 9.73. The standard InChI is InChI=1S/C30H43NO3/c1-6-8-10-18-25-26(31-7-2)28(33)30(29(34)27(25)32,21-24-16-11-9-12-17-24)20-19-23(5)15-13-14-22(3)4/h9,11-12,14,16-17,19,29,31,34H,6-8,10,13,15,18,20-21H2,1-5H3. The van der Waals surface area contributed by atoms with E-state index in [1.165, 1.54) is 11.1 Å². The van der Waals surface area contributed by atoms with E-state index in [0.717, 1.165) is 37.7 Å². The van der Waals surface area contributed by atoms with E-state index in [-0.39, 0.29) is 11.6 Å². The maximum Gasteiger partial charge on any atom is 0.190 e. The number of Topliss-reactive ketones (excluding diaryl/α,β-unsaturated/α-hetero) is 2. The van der Waals surface area contributed by atoms with Crippen LogP contribution >= 0.6 is 0 Å². The van der Waals surface area contributed by atoms with E-state index in [1.807, 2.05) is 37.3 Å². The topological polar surface area (TPSA) is 66.4 Å². The van der Waals surface area contributed by atoms with Gasteiger partial charge in [-0.3, -0.25) is 9.59 Å². The molecule has 0 fully saturated rings. The molecule has 0 radical (unpaired) electrons. The van der Waals surface area contributed by atoms with Gasteiger partial charge in [0.15, 0.2) is 11.6 Å². The minimum absolute atomic E-state index is 0.134. The zero-order valence-electron chi connectivity index (χ0n) is 21.7. The van der Waals surface area contributed by atoms with Crippen LogP contribution in [0, 0.1) is 5.41 Å². The number of aliphatic hydroxyl groups excluding tert-OH is 1. The summed E-state index contributed by atoms with van der Waals surface area (Å²) in [4.78, 5) is 27.6. The lowest BCUT2D eigenvalue weighted by Gasteiger charge is -2.41. The molecule has 2 atom stereocenters. The molecule has 2 rings (SSSR count). The SMILES string of the molecule is CCCCCC1=C(NCC)C(=O)C(CC=C(C)CCC=C(C)C)(Cc2ccccc2)C(O)C1=O.